The molecule has 2 aliphatic heterocycles. The molecule has 0 saturated carbocycles. The van der Waals surface area contributed by atoms with Crippen molar-refractivity contribution in [3.8, 4) is 11.1 Å². The van der Waals surface area contributed by atoms with Gasteiger partial charge in [-0.15, -0.1) is 0 Å². The molecule has 0 amide bonds. The van der Waals surface area contributed by atoms with Gasteiger partial charge in [0.05, 0.1) is 0 Å². The molecule has 0 unspecified atom stereocenters. The summed E-state index contributed by atoms with van der Waals surface area (Å²) in [7, 11) is 0. The van der Waals surface area contributed by atoms with Crippen LogP contribution in [-0.4, -0.2) is 55.1 Å². The van der Waals surface area contributed by atoms with Gasteiger partial charge in [-0.2, -0.15) is 0 Å². The number of hydrogen-bond acceptors (Lipinski definition) is 4. The maximum Gasteiger partial charge on any atom is 0.0228 e. The highest BCUT2D eigenvalue weighted by atomic mass is 32.2. The van der Waals surface area contributed by atoms with E-state index in [1.54, 1.807) is 11.9 Å². The molecule has 162 valence electrons. The van der Waals surface area contributed by atoms with Crippen LogP contribution in [0.4, 0.5) is 0 Å². The second-order valence-corrected chi connectivity index (χ2v) is 9.73. The van der Waals surface area contributed by atoms with E-state index in [0.29, 0.717) is 0 Å². The number of unbranched alkanes of at least 4 members (excludes halogenated alkanes) is 1. The summed E-state index contributed by atoms with van der Waals surface area (Å²) in [5.41, 5.74) is 2.56. The summed E-state index contributed by atoms with van der Waals surface area (Å²) >= 11 is 1.76. The fraction of sp³-hybridized carbons (Fsp3) is 0.538. The van der Waals surface area contributed by atoms with Crippen LogP contribution in [0.15, 0.2) is 59.5 Å². The first-order valence-corrected chi connectivity index (χ1v) is 12.7. The topological polar surface area (TPSA) is 18.5 Å². The molecule has 0 aromatic heterocycles. The van der Waals surface area contributed by atoms with Gasteiger partial charge in [0.15, 0.2) is 0 Å². The van der Waals surface area contributed by atoms with Crippen molar-refractivity contribution in [1.29, 1.82) is 0 Å². The van der Waals surface area contributed by atoms with Gasteiger partial charge in [-0.3, -0.25) is 4.72 Å². The maximum atomic E-state index is 3.54. The first-order chi connectivity index (χ1) is 14.9. The molecule has 3 nitrogen and oxygen atoms in total. The molecule has 2 heterocycles. The molecule has 2 fully saturated rings. The van der Waals surface area contributed by atoms with Crippen LogP contribution >= 0.6 is 11.9 Å². The molecule has 2 aliphatic rings. The van der Waals surface area contributed by atoms with Crippen molar-refractivity contribution in [1.82, 2.24) is 14.5 Å². The second kappa shape index (κ2) is 11.9. The minimum absolute atomic E-state index is 0.868. The summed E-state index contributed by atoms with van der Waals surface area (Å²) in [6, 6.07) is 20.3. The minimum atomic E-state index is 0.868. The zero-order valence-corrected chi connectivity index (χ0v) is 19.1. The van der Waals surface area contributed by atoms with E-state index in [1.807, 2.05) is 0 Å². The van der Waals surface area contributed by atoms with Crippen LogP contribution in [-0.2, 0) is 0 Å². The van der Waals surface area contributed by atoms with Crippen molar-refractivity contribution in [2.45, 2.75) is 55.9 Å². The molecule has 2 saturated heterocycles. The number of rotatable bonds is 9. The van der Waals surface area contributed by atoms with Crippen LogP contribution in [0.5, 0.6) is 0 Å². The largest absolute Gasteiger partial charge is 0.303 e. The van der Waals surface area contributed by atoms with E-state index in [1.165, 1.54) is 93.7 Å². The molecule has 0 atom stereocenters. The summed E-state index contributed by atoms with van der Waals surface area (Å²) in [5.74, 6) is 0. The van der Waals surface area contributed by atoms with Crippen molar-refractivity contribution in [2.75, 3.05) is 39.3 Å². The Hall–Kier alpha value is -1.33. The van der Waals surface area contributed by atoms with Gasteiger partial charge in [-0.05, 0) is 106 Å². The highest BCUT2D eigenvalue weighted by Crippen LogP contribution is 2.23. The van der Waals surface area contributed by atoms with Gasteiger partial charge in [-0.1, -0.05) is 48.9 Å². The van der Waals surface area contributed by atoms with Crippen LogP contribution < -0.4 is 4.72 Å². The Morgan fingerprint density at radius 3 is 2.20 bits per heavy atom. The molecule has 0 aliphatic carbocycles. The van der Waals surface area contributed by atoms with Gasteiger partial charge in [0.2, 0.25) is 0 Å². The minimum Gasteiger partial charge on any atom is -0.303 e. The van der Waals surface area contributed by atoms with E-state index < -0.39 is 0 Å². The average molecular weight is 424 g/mol. The number of hydrogen-bond donors (Lipinski definition) is 1. The van der Waals surface area contributed by atoms with Crippen molar-refractivity contribution >= 4 is 11.9 Å². The van der Waals surface area contributed by atoms with Crippen LogP contribution in [0.2, 0.25) is 0 Å². The molecule has 1 N–H and O–H groups in total. The quantitative estimate of drug-likeness (QED) is 0.413. The number of nitrogens with one attached hydrogen (secondary N) is 1. The van der Waals surface area contributed by atoms with Crippen molar-refractivity contribution < 1.29 is 0 Å². The second-order valence-electron chi connectivity index (χ2n) is 8.76. The molecule has 0 spiro atoms. The molecule has 4 rings (SSSR count). The lowest BCUT2D eigenvalue weighted by Gasteiger charge is -2.40. The predicted octanol–water partition coefficient (Wildman–Crippen LogP) is 5.68. The van der Waals surface area contributed by atoms with Crippen molar-refractivity contribution in [3.63, 3.8) is 0 Å². The normalized spacial score (nSPS) is 19.2. The Morgan fingerprint density at radius 1 is 0.767 bits per heavy atom. The monoisotopic (exact) mass is 423 g/mol. The van der Waals surface area contributed by atoms with E-state index in [-0.39, 0.29) is 0 Å². The number of likely N-dealkylation sites (tertiary alicyclic amines) is 2. The molecule has 2 aromatic carbocycles. The molecule has 0 bridgehead atoms. The van der Waals surface area contributed by atoms with E-state index >= 15 is 0 Å². The Morgan fingerprint density at radius 2 is 1.47 bits per heavy atom. The lowest BCUT2D eigenvalue weighted by Crippen LogP contribution is -2.46. The Labute approximate surface area is 187 Å². The lowest BCUT2D eigenvalue weighted by atomic mass is 10.00. The molecule has 30 heavy (non-hydrogen) atoms. The van der Waals surface area contributed by atoms with E-state index in [0.717, 1.165) is 12.6 Å². The zero-order chi connectivity index (χ0) is 20.4. The summed E-state index contributed by atoms with van der Waals surface area (Å²) < 4.78 is 3.54. The standard InChI is InChI=1S/C26H37N3S/c1-3-9-23(10-4-1)24-11-13-26(14-12-24)30-27-17-5-8-18-28-21-15-25(16-22-28)29-19-6-2-7-20-29/h1,3-4,9-14,25,27H,2,5-8,15-22H2. The predicted molar refractivity (Wildman–Crippen MR) is 130 cm³/mol. The fourth-order valence-corrected chi connectivity index (χ4v) is 5.49. The average Bonchev–Trinajstić information content (AvgIpc) is 2.83. The van der Waals surface area contributed by atoms with Gasteiger partial charge in [-0.25, -0.2) is 0 Å². The number of nitrogens with zero attached hydrogens (tertiary/aromatic N) is 2. The summed E-state index contributed by atoms with van der Waals surface area (Å²) in [4.78, 5) is 6.75. The van der Waals surface area contributed by atoms with Crippen LogP contribution in [0.1, 0.15) is 44.9 Å². The van der Waals surface area contributed by atoms with E-state index in [9.17, 15) is 0 Å². The van der Waals surface area contributed by atoms with Gasteiger partial charge in [0.25, 0.3) is 0 Å². The van der Waals surface area contributed by atoms with Crippen molar-refractivity contribution in [3.05, 3.63) is 54.6 Å². The van der Waals surface area contributed by atoms with Gasteiger partial charge in [0, 0.05) is 17.5 Å². The maximum absolute atomic E-state index is 3.54. The fourth-order valence-electron chi connectivity index (χ4n) is 4.80. The summed E-state index contributed by atoms with van der Waals surface area (Å²) in [6.07, 6.45) is 9.60. The lowest BCUT2D eigenvalue weighted by molar-refractivity contribution is 0.0919. The third-order valence-corrected chi connectivity index (χ3v) is 7.48. The first kappa shape index (κ1) is 21.9. The van der Waals surface area contributed by atoms with E-state index in [2.05, 4.69) is 69.1 Å². The number of piperidine rings is 2. The smallest absolute Gasteiger partial charge is 0.0228 e. The third-order valence-electron chi connectivity index (χ3n) is 6.62. The number of benzene rings is 2. The molecular formula is C26H37N3S. The van der Waals surface area contributed by atoms with E-state index in [4.69, 9.17) is 0 Å². The Kier molecular flexibility index (Phi) is 8.68. The summed E-state index contributed by atoms with van der Waals surface area (Å²) in [6.45, 7) is 7.65. The van der Waals surface area contributed by atoms with Gasteiger partial charge in [0.1, 0.15) is 0 Å². The summed E-state index contributed by atoms with van der Waals surface area (Å²) in [5, 5.41) is 0. The molecular weight excluding hydrogens is 386 g/mol. The zero-order valence-electron chi connectivity index (χ0n) is 18.3. The van der Waals surface area contributed by atoms with Crippen LogP contribution in [0, 0.1) is 0 Å². The first-order valence-electron chi connectivity index (χ1n) is 11.9. The molecule has 0 radical (unpaired) electrons. The molecule has 2 aromatic rings. The third kappa shape index (κ3) is 6.58. The Bertz CT molecular complexity index is 720. The van der Waals surface area contributed by atoms with Crippen molar-refractivity contribution in [2.24, 2.45) is 0 Å². The van der Waals surface area contributed by atoms with Crippen LogP contribution in [0.3, 0.4) is 0 Å². The van der Waals surface area contributed by atoms with Gasteiger partial charge < -0.3 is 9.80 Å². The highest BCUT2D eigenvalue weighted by molar-refractivity contribution is 7.97. The highest BCUT2D eigenvalue weighted by Gasteiger charge is 2.25. The Balaban J connectivity index is 1.06. The molecule has 4 heteroatoms. The van der Waals surface area contributed by atoms with Gasteiger partial charge >= 0.3 is 0 Å². The SMILES string of the molecule is c1ccc(-c2ccc(SNCCCCN3CCC(N4CCCCC4)CC3)cc2)cc1. The van der Waals surface area contributed by atoms with Crippen LogP contribution in [0.25, 0.3) is 11.1 Å².